The highest BCUT2D eigenvalue weighted by molar-refractivity contribution is 6.03. The van der Waals surface area contributed by atoms with Crippen LogP contribution in [0, 0.1) is 6.92 Å². The van der Waals surface area contributed by atoms with E-state index in [0.717, 1.165) is 5.69 Å². The lowest BCUT2D eigenvalue weighted by Crippen LogP contribution is -2.14. The number of aromatic nitrogens is 1. The number of amides is 2. The third kappa shape index (κ3) is 5.41. The van der Waals surface area contributed by atoms with Crippen LogP contribution in [0.4, 0.5) is 17.1 Å². The van der Waals surface area contributed by atoms with Gasteiger partial charge in [0.15, 0.2) is 0 Å². The van der Waals surface area contributed by atoms with Crippen molar-refractivity contribution in [2.45, 2.75) is 20.4 Å². The number of pyridine rings is 1. The van der Waals surface area contributed by atoms with Crippen molar-refractivity contribution in [3.63, 3.8) is 0 Å². The van der Waals surface area contributed by atoms with E-state index in [1.54, 1.807) is 36.5 Å². The fraction of sp³-hybridized carbons (Fsp3) is 0.136. The molecule has 0 aliphatic carbocycles. The lowest BCUT2D eigenvalue weighted by molar-refractivity contribution is -0.114. The van der Waals surface area contributed by atoms with Gasteiger partial charge in [-0.15, -0.1) is 0 Å². The maximum absolute atomic E-state index is 12.4. The van der Waals surface area contributed by atoms with Crippen LogP contribution < -0.4 is 16.0 Å². The van der Waals surface area contributed by atoms with E-state index in [4.69, 9.17) is 0 Å². The number of hydrogen-bond donors (Lipinski definition) is 3. The summed E-state index contributed by atoms with van der Waals surface area (Å²) >= 11 is 0. The van der Waals surface area contributed by atoms with Crippen LogP contribution in [-0.4, -0.2) is 16.8 Å². The van der Waals surface area contributed by atoms with Crippen LogP contribution in [0.3, 0.4) is 0 Å². The van der Waals surface area contributed by atoms with Gasteiger partial charge in [0.05, 0.1) is 11.9 Å². The molecular weight excluding hydrogens is 352 g/mol. The second-order valence-corrected chi connectivity index (χ2v) is 6.49. The highest BCUT2D eigenvalue weighted by Gasteiger charge is 2.08. The third-order valence-electron chi connectivity index (χ3n) is 4.05. The summed E-state index contributed by atoms with van der Waals surface area (Å²) in [6.07, 6.45) is 1.64. The van der Waals surface area contributed by atoms with E-state index in [9.17, 15) is 9.59 Å². The first-order valence-corrected chi connectivity index (χ1v) is 8.94. The maximum Gasteiger partial charge on any atom is 0.274 e. The van der Waals surface area contributed by atoms with Gasteiger partial charge >= 0.3 is 0 Å². The van der Waals surface area contributed by atoms with E-state index in [-0.39, 0.29) is 11.8 Å². The largest absolute Gasteiger partial charge is 0.380 e. The zero-order valence-corrected chi connectivity index (χ0v) is 15.8. The van der Waals surface area contributed by atoms with Gasteiger partial charge in [-0.2, -0.15) is 0 Å². The van der Waals surface area contributed by atoms with Crippen LogP contribution in [0.15, 0.2) is 66.9 Å². The summed E-state index contributed by atoms with van der Waals surface area (Å²) in [5, 5.41) is 8.75. The molecule has 3 N–H and O–H groups in total. The molecule has 0 saturated carbocycles. The van der Waals surface area contributed by atoms with Gasteiger partial charge in [0.25, 0.3) is 5.91 Å². The van der Waals surface area contributed by atoms with Crippen molar-refractivity contribution >= 4 is 28.9 Å². The Hall–Kier alpha value is -3.67. The second kappa shape index (κ2) is 8.81. The summed E-state index contributed by atoms with van der Waals surface area (Å²) in [7, 11) is 0. The molecule has 6 heteroatoms. The summed E-state index contributed by atoms with van der Waals surface area (Å²) in [5.74, 6) is -0.482. The molecule has 3 rings (SSSR count). The highest BCUT2D eigenvalue weighted by atomic mass is 16.2. The van der Waals surface area contributed by atoms with Gasteiger partial charge in [-0.3, -0.25) is 9.59 Å². The number of nitrogens with zero attached hydrogens (tertiary/aromatic N) is 1. The molecule has 142 valence electrons. The summed E-state index contributed by atoms with van der Waals surface area (Å²) in [5.41, 5.74) is 4.75. The molecule has 2 aromatic carbocycles. The number of carbonyl (C=O) groups excluding carboxylic acids is 2. The average molecular weight is 374 g/mol. The van der Waals surface area contributed by atoms with Crippen molar-refractivity contribution in [3.05, 3.63) is 83.7 Å². The van der Waals surface area contributed by atoms with Gasteiger partial charge < -0.3 is 16.0 Å². The quantitative estimate of drug-likeness (QED) is 0.603. The number of aryl methyl sites for hydroxylation is 1. The number of benzene rings is 2. The van der Waals surface area contributed by atoms with Gasteiger partial charge in [-0.1, -0.05) is 35.9 Å². The Kier molecular flexibility index (Phi) is 6.01. The standard InChI is InChI=1S/C22H22N4O2/c1-15-6-8-17(9-7-15)13-23-20-10-11-21(24-14-20)22(28)26-19-5-3-4-18(12-19)25-16(2)27/h3-12,14,23H,13H2,1-2H3,(H,25,27)(H,26,28). The van der Waals surface area contributed by atoms with Crippen molar-refractivity contribution in [3.8, 4) is 0 Å². The van der Waals surface area contributed by atoms with Crippen molar-refractivity contribution in [1.82, 2.24) is 4.98 Å². The zero-order valence-electron chi connectivity index (χ0n) is 15.8. The molecule has 0 unspecified atom stereocenters. The number of hydrogen-bond acceptors (Lipinski definition) is 4. The molecule has 2 amide bonds. The fourth-order valence-corrected chi connectivity index (χ4v) is 2.62. The molecule has 1 aromatic heterocycles. The fourth-order valence-electron chi connectivity index (χ4n) is 2.62. The van der Waals surface area contributed by atoms with Crippen LogP contribution in [0.5, 0.6) is 0 Å². The Labute approximate surface area is 164 Å². The summed E-state index contributed by atoms with van der Waals surface area (Å²) < 4.78 is 0. The SMILES string of the molecule is CC(=O)Nc1cccc(NC(=O)c2ccc(NCc3ccc(C)cc3)cn2)c1. The minimum absolute atomic E-state index is 0.168. The first kappa shape index (κ1) is 19.1. The Bertz CT molecular complexity index is 967. The predicted octanol–water partition coefficient (Wildman–Crippen LogP) is 4.21. The van der Waals surface area contributed by atoms with E-state index in [1.165, 1.54) is 18.1 Å². The topological polar surface area (TPSA) is 83.1 Å². The van der Waals surface area contributed by atoms with E-state index in [1.807, 2.05) is 6.07 Å². The monoisotopic (exact) mass is 374 g/mol. The van der Waals surface area contributed by atoms with E-state index < -0.39 is 0 Å². The lowest BCUT2D eigenvalue weighted by Gasteiger charge is -2.09. The Morgan fingerprint density at radius 2 is 1.61 bits per heavy atom. The molecule has 0 bridgehead atoms. The summed E-state index contributed by atoms with van der Waals surface area (Å²) in [6.45, 7) is 4.17. The van der Waals surface area contributed by atoms with E-state index in [2.05, 4.69) is 52.1 Å². The number of anilines is 3. The molecule has 6 nitrogen and oxygen atoms in total. The van der Waals surface area contributed by atoms with Gasteiger partial charge in [-0.05, 0) is 42.8 Å². The van der Waals surface area contributed by atoms with Gasteiger partial charge in [-0.25, -0.2) is 4.98 Å². The van der Waals surface area contributed by atoms with Crippen LogP contribution >= 0.6 is 0 Å². The average Bonchev–Trinajstić information content (AvgIpc) is 2.68. The predicted molar refractivity (Wildman–Crippen MR) is 111 cm³/mol. The summed E-state index contributed by atoms with van der Waals surface area (Å²) in [6, 6.07) is 18.7. The Morgan fingerprint density at radius 3 is 2.25 bits per heavy atom. The van der Waals surface area contributed by atoms with Crippen LogP contribution in [-0.2, 0) is 11.3 Å². The minimum atomic E-state index is -0.315. The summed E-state index contributed by atoms with van der Waals surface area (Å²) in [4.78, 5) is 27.8. The molecule has 0 spiro atoms. The maximum atomic E-state index is 12.4. The van der Waals surface area contributed by atoms with E-state index >= 15 is 0 Å². The van der Waals surface area contributed by atoms with E-state index in [0.29, 0.717) is 23.6 Å². The molecule has 1 heterocycles. The second-order valence-electron chi connectivity index (χ2n) is 6.49. The van der Waals surface area contributed by atoms with Gasteiger partial charge in [0.2, 0.25) is 5.91 Å². The number of rotatable bonds is 6. The molecule has 0 aliphatic heterocycles. The molecule has 0 saturated heterocycles. The lowest BCUT2D eigenvalue weighted by atomic mass is 10.1. The molecule has 0 aliphatic rings. The number of carbonyl (C=O) groups is 2. The smallest absolute Gasteiger partial charge is 0.274 e. The van der Waals surface area contributed by atoms with Gasteiger partial charge in [0, 0.05) is 24.8 Å². The highest BCUT2D eigenvalue weighted by Crippen LogP contribution is 2.16. The Balaban J connectivity index is 1.59. The molecule has 3 aromatic rings. The molecular formula is C22H22N4O2. The van der Waals surface area contributed by atoms with Gasteiger partial charge in [0.1, 0.15) is 5.69 Å². The van der Waals surface area contributed by atoms with Crippen LogP contribution in [0.25, 0.3) is 0 Å². The van der Waals surface area contributed by atoms with Crippen LogP contribution in [0.1, 0.15) is 28.5 Å². The first-order valence-electron chi connectivity index (χ1n) is 8.94. The first-order chi connectivity index (χ1) is 13.5. The van der Waals surface area contributed by atoms with Crippen molar-refractivity contribution < 1.29 is 9.59 Å². The number of nitrogens with one attached hydrogen (secondary N) is 3. The minimum Gasteiger partial charge on any atom is -0.380 e. The zero-order chi connectivity index (χ0) is 19.9. The van der Waals surface area contributed by atoms with Crippen LogP contribution in [0.2, 0.25) is 0 Å². The molecule has 0 fully saturated rings. The third-order valence-corrected chi connectivity index (χ3v) is 4.05. The van der Waals surface area contributed by atoms with Crippen molar-refractivity contribution in [2.75, 3.05) is 16.0 Å². The molecule has 0 atom stereocenters. The molecule has 28 heavy (non-hydrogen) atoms. The van der Waals surface area contributed by atoms with Crippen molar-refractivity contribution in [1.29, 1.82) is 0 Å². The van der Waals surface area contributed by atoms with Crippen molar-refractivity contribution in [2.24, 2.45) is 0 Å². The molecule has 0 radical (unpaired) electrons. The normalized spacial score (nSPS) is 10.2. The Morgan fingerprint density at radius 1 is 0.893 bits per heavy atom.